The lowest BCUT2D eigenvalue weighted by Crippen LogP contribution is -2.13. The van der Waals surface area contributed by atoms with Crippen molar-refractivity contribution in [3.8, 4) is 0 Å². The second-order valence-corrected chi connectivity index (χ2v) is 9.36. The fourth-order valence-electron chi connectivity index (χ4n) is 5.13. The van der Waals surface area contributed by atoms with Gasteiger partial charge in [-0.25, -0.2) is 0 Å². The number of benzene rings is 3. The highest BCUT2D eigenvalue weighted by molar-refractivity contribution is 5.57. The van der Waals surface area contributed by atoms with Crippen LogP contribution in [0.25, 0.3) is 0 Å². The number of nitro groups is 1. The summed E-state index contributed by atoms with van der Waals surface area (Å²) in [5.74, 6) is 1.59. The smallest absolute Gasteiger partial charge is 0.269 e. The maximum atomic E-state index is 11.4. The molecule has 172 valence electrons. The maximum absolute atomic E-state index is 11.4. The molecule has 0 unspecified atom stereocenters. The highest BCUT2D eigenvalue weighted by Gasteiger charge is 2.21. The van der Waals surface area contributed by atoms with Gasteiger partial charge in [0.25, 0.3) is 5.69 Å². The molecule has 1 fully saturated rings. The van der Waals surface area contributed by atoms with E-state index in [1.54, 1.807) is 12.1 Å². The third-order valence-corrected chi connectivity index (χ3v) is 7.01. The molecule has 0 heterocycles. The first-order valence-electron chi connectivity index (χ1n) is 12.3. The van der Waals surface area contributed by atoms with Gasteiger partial charge in [-0.3, -0.25) is 10.1 Å². The van der Waals surface area contributed by atoms with Crippen LogP contribution in [0.2, 0.25) is 0 Å². The molecule has 0 atom stereocenters. The van der Waals surface area contributed by atoms with E-state index in [9.17, 15) is 10.1 Å². The molecule has 0 radical (unpaired) electrons. The van der Waals surface area contributed by atoms with Crippen LogP contribution in [0.1, 0.15) is 73.6 Å². The molecule has 1 N–H and O–H groups in total. The van der Waals surface area contributed by atoms with Crippen LogP contribution in [0.15, 0.2) is 72.8 Å². The Hall–Kier alpha value is -3.14. The van der Waals surface area contributed by atoms with Crippen molar-refractivity contribution in [2.45, 2.75) is 64.3 Å². The SMILES string of the molecule is CCCC1CCC(c2ccc(Cc3cc([N+](=O)[O-])ccc3NCc3ccccc3)cc2)CC1. The van der Waals surface area contributed by atoms with Gasteiger partial charge in [0.05, 0.1) is 4.92 Å². The molecule has 3 aromatic carbocycles. The fourth-order valence-corrected chi connectivity index (χ4v) is 5.13. The molecule has 0 aliphatic heterocycles. The molecule has 4 nitrogen and oxygen atoms in total. The molecule has 1 saturated carbocycles. The zero-order chi connectivity index (χ0) is 23.0. The number of anilines is 1. The summed E-state index contributed by atoms with van der Waals surface area (Å²) in [5, 5.41) is 14.8. The molecule has 0 bridgehead atoms. The second-order valence-electron chi connectivity index (χ2n) is 9.36. The van der Waals surface area contributed by atoms with Gasteiger partial charge < -0.3 is 5.32 Å². The first-order chi connectivity index (χ1) is 16.1. The van der Waals surface area contributed by atoms with Crippen molar-refractivity contribution in [2.24, 2.45) is 5.92 Å². The van der Waals surface area contributed by atoms with E-state index in [-0.39, 0.29) is 10.6 Å². The van der Waals surface area contributed by atoms with Crippen molar-refractivity contribution in [3.63, 3.8) is 0 Å². The zero-order valence-electron chi connectivity index (χ0n) is 19.5. The van der Waals surface area contributed by atoms with Crippen LogP contribution in [0.4, 0.5) is 11.4 Å². The van der Waals surface area contributed by atoms with Gasteiger partial charge in [0.15, 0.2) is 0 Å². The molecule has 4 rings (SSSR count). The molecule has 4 heteroatoms. The van der Waals surface area contributed by atoms with E-state index in [2.05, 4.69) is 48.6 Å². The predicted octanol–water partition coefficient (Wildman–Crippen LogP) is 7.87. The van der Waals surface area contributed by atoms with E-state index in [1.807, 2.05) is 24.3 Å². The maximum Gasteiger partial charge on any atom is 0.269 e. The number of rotatable bonds is 9. The number of nitro benzene ring substituents is 1. The minimum Gasteiger partial charge on any atom is -0.381 e. The number of hydrogen-bond donors (Lipinski definition) is 1. The van der Waals surface area contributed by atoms with E-state index in [0.717, 1.165) is 17.2 Å². The van der Waals surface area contributed by atoms with Gasteiger partial charge in [-0.15, -0.1) is 0 Å². The third-order valence-electron chi connectivity index (χ3n) is 7.01. The van der Waals surface area contributed by atoms with Gasteiger partial charge in [-0.1, -0.05) is 74.4 Å². The number of nitrogens with zero attached hydrogens (tertiary/aromatic N) is 1. The average molecular weight is 443 g/mol. The van der Waals surface area contributed by atoms with E-state index in [4.69, 9.17) is 0 Å². The van der Waals surface area contributed by atoms with Gasteiger partial charge in [-0.2, -0.15) is 0 Å². The Labute approximate surface area is 197 Å². The summed E-state index contributed by atoms with van der Waals surface area (Å²) in [6.45, 7) is 2.97. The summed E-state index contributed by atoms with van der Waals surface area (Å²) in [7, 11) is 0. The standard InChI is InChI=1S/C29H34N2O2/c1-2-6-22-9-13-25(14-10-22)26-15-11-23(12-16-26)19-27-20-28(31(32)33)17-18-29(27)30-21-24-7-4-3-5-8-24/h3-5,7-8,11-12,15-18,20,22,25,30H,2,6,9-10,13-14,19,21H2,1H3. The van der Waals surface area contributed by atoms with E-state index >= 15 is 0 Å². The van der Waals surface area contributed by atoms with Gasteiger partial charge in [-0.05, 0) is 72.3 Å². The van der Waals surface area contributed by atoms with Crippen molar-refractivity contribution >= 4 is 11.4 Å². The predicted molar refractivity (Wildman–Crippen MR) is 136 cm³/mol. The lowest BCUT2D eigenvalue weighted by Gasteiger charge is -2.28. The Balaban J connectivity index is 1.45. The lowest BCUT2D eigenvalue weighted by atomic mass is 9.77. The van der Waals surface area contributed by atoms with E-state index in [1.165, 1.54) is 55.2 Å². The van der Waals surface area contributed by atoms with Crippen LogP contribution in [0, 0.1) is 16.0 Å². The van der Waals surface area contributed by atoms with Crippen molar-refractivity contribution in [2.75, 3.05) is 5.32 Å². The Morgan fingerprint density at radius 1 is 0.909 bits per heavy atom. The van der Waals surface area contributed by atoms with Gasteiger partial charge in [0.1, 0.15) is 0 Å². The molecule has 0 saturated heterocycles. The molecular weight excluding hydrogens is 408 g/mol. The van der Waals surface area contributed by atoms with Gasteiger partial charge >= 0.3 is 0 Å². The second kappa shape index (κ2) is 11.1. The van der Waals surface area contributed by atoms with Crippen LogP contribution in [-0.4, -0.2) is 4.92 Å². The highest BCUT2D eigenvalue weighted by atomic mass is 16.6. The monoisotopic (exact) mass is 442 g/mol. The third kappa shape index (κ3) is 6.22. The molecule has 3 aromatic rings. The first-order valence-corrected chi connectivity index (χ1v) is 12.3. The molecule has 1 aliphatic carbocycles. The van der Waals surface area contributed by atoms with Crippen LogP contribution < -0.4 is 5.32 Å². The normalized spacial score (nSPS) is 18.1. The first kappa shape index (κ1) is 23.0. The van der Waals surface area contributed by atoms with Crippen LogP contribution in [0.5, 0.6) is 0 Å². The topological polar surface area (TPSA) is 55.2 Å². The Kier molecular flexibility index (Phi) is 7.77. The largest absolute Gasteiger partial charge is 0.381 e. The van der Waals surface area contributed by atoms with Crippen molar-refractivity contribution in [1.29, 1.82) is 0 Å². The summed E-state index contributed by atoms with van der Waals surface area (Å²) in [4.78, 5) is 11.0. The molecule has 0 amide bonds. The fraction of sp³-hybridized carbons (Fsp3) is 0.379. The van der Waals surface area contributed by atoms with Crippen molar-refractivity contribution < 1.29 is 4.92 Å². The summed E-state index contributed by atoms with van der Waals surface area (Å²) >= 11 is 0. The summed E-state index contributed by atoms with van der Waals surface area (Å²) < 4.78 is 0. The molecule has 0 aromatic heterocycles. The summed E-state index contributed by atoms with van der Waals surface area (Å²) in [5.41, 5.74) is 5.84. The minimum atomic E-state index is -0.317. The van der Waals surface area contributed by atoms with Crippen LogP contribution in [0.3, 0.4) is 0 Å². The van der Waals surface area contributed by atoms with Crippen LogP contribution in [-0.2, 0) is 13.0 Å². The minimum absolute atomic E-state index is 0.135. The molecule has 1 aliphatic rings. The highest BCUT2D eigenvalue weighted by Crippen LogP contribution is 2.37. The van der Waals surface area contributed by atoms with Gasteiger partial charge in [0, 0.05) is 24.4 Å². The van der Waals surface area contributed by atoms with E-state index < -0.39 is 0 Å². The average Bonchev–Trinajstić information content (AvgIpc) is 2.85. The lowest BCUT2D eigenvalue weighted by molar-refractivity contribution is -0.384. The number of non-ortho nitro benzene ring substituents is 1. The quantitative estimate of drug-likeness (QED) is 0.271. The Bertz CT molecular complexity index is 1040. The van der Waals surface area contributed by atoms with Crippen LogP contribution >= 0.6 is 0 Å². The van der Waals surface area contributed by atoms with Crippen molar-refractivity contribution in [3.05, 3.63) is 105 Å². The zero-order valence-corrected chi connectivity index (χ0v) is 19.5. The van der Waals surface area contributed by atoms with Crippen molar-refractivity contribution in [1.82, 2.24) is 0 Å². The Morgan fingerprint density at radius 3 is 2.30 bits per heavy atom. The molecular formula is C29H34N2O2. The summed E-state index contributed by atoms with van der Waals surface area (Å²) in [6.07, 6.45) is 8.63. The molecule has 33 heavy (non-hydrogen) atoms. The summed E-state index contributed by atoms with van der Waals surface area (Å²) in [6, 6.07) is 24.3. The van der Waals surface area contributed by atoms with Gasteiger partial charge in [0.2, 0.25) is 0 Å². The van der Waals surface area contributed by atoms with E-state index in [0.29, 0.717) is 18.9 Å². The number of hydrogen-bond acceptors (Lipinski definition) is 3. The Morgan fingerprint density at radius 2 is 1.64 bits per heavy atom. The molecule has 0 spiro atoms. The number of nitrogens with one attached hydrogen (secondary N) is 1.